The summed E-state index contributed by atoms with van der Waals surface area (Å²) in [5.41, 5.74) is 5.23. The largest absolute Gasteiger partial charge is 0.395 e. The number of hydrogen-bond acceptors (Lipinski definition) is 5. The summed E-state index contributed by atoms with van der Waals surface area (Å²) in [4.78, 5) is 16.3. The molecule has 6 rings (SSSR count). The van der Waals surface area contributed by atoms with Gasteiger partial charge in [-0.05, 0) is 93.2 Å². The summed E-state index contributed by atoms with van der Waals surface area (Å²) >= 11 is 0. The first-order valence-electron chi connectivity index (χ1n) is 15.8. The van der Waals surface area contributed by atoms with Gasteiger partial charge in [0.1, 0.15) is 0 Å². The molecule has 5 nitrogen and oxygen atoms in total. The molecule has 0 radical (unpaired) electrons. The number of allylic oxidation sites excluding steroid dienone is 2. The van der Waals surface area contributed by atoms with Crippen LogP contribution in [0.1, 0.15) is 85.3 Å². The number of benzene rings is 3. The zero-order chi connectivity index (χ0) is 30.6. The lowest BCUT2D eigenvalue weighted by Crippen LogP contribution is -2.52. The number of carbonyl (C=O) groups excluding carboxylic acids is 1. The van der Waals surface area contributed by atoms with Crippen LogP contribution in [-0.2, 0) is 6.42 Å². The fraction of sp³-hybridized carbons (Fsp3) is 0.447. The monoisotopic (exact) mass is 581 g/mol. The number of aliphatic hydroxyl groups is 3. The second-order valence-corrected chi connectivity index (χ2v) is 13.2. The lowest BCUT2D eigenvalue weighted by atomic mass is 9.64. The third kappa shape index (κ3) is 6.71. The van der Waals surface area contributed by atoms with Crippen LogP contribution in [0.25, 0.3) is 11.1 Å². The van der Waals surface area contributed by atoms with E-state index in [2.05, 4.69) is 44.2 Å². The van der Waals surface area contributed by atoms with Crippen molar-refractivity contribution in [1.82, 2.24) is 4.90 Å². The molecule has 4 unspecified atom stereocenters. The van der Waals surface area contributed by atoms with E-state index in [0.29, 0.717) is 43.5 Å². The molecule has 3 aromatic carbocycles. The number of likely N-dealkylation sites (N-methyl/N-ethyl adjacent to an activating group) is 1. The maximum atomic E-state index is 14.3. The molecule has 0 saturated heterocycles. The highest BCUT2D eigenvalue weighted by Crippen LogP contribution is 2.58. The average Bonchev–Trinajstić information content (AvgIpc) is 3.25. The van der Waals surface area contributed by atoms with Crippen molar-refractivity contribution in [2.75, 3.05) is 26.7 Å². The van der Waals surface area contributed by atoms with Crippen LogP contribution in [0.3, 0.4) is 0 Å². The number of aliphatic hydroxyl groups excluding tert-OH is 2. The van der Waals surface area contributed by atoms with Crippen LogP contribution in [0.15, 0.2) is 84.4 Å². The highest BCUT2D eigenvalue weighted by atomic mass is 16.3. The van der Waals surface area contributed by atoms with Crippen LogP contribution in [0.5, 0.6) is 0 Å². The van der Waals surface area contributed by atoms with Crippen LogP contribution in [0.2, 0.25) is 0 Å². The molecule has 0 spiro atoms. The molecule has 2 bridgehead atoms. The summed E-state index contributed by atoms with van der Waals surface area (Å²) < 4.78 is 0. The van der Waals surface area contributed by atoms with E-state index in [4.69, 9.17) is 0 Å². The van der Waals surface area contributed by atoms with Gasteiger partial charge in [0.25, 0.3) is 0 Å². The Morgan fingerprint density at radius 3 is 2.42 bits per heavy atom. The zero-order valence-electron chi connectivity index (χ0n) is 25.9. The minimum Gasteiger partial charge on any atom is -0.395 e. The molecule has 43 heavy (non-hydrogen) atoms. The fourth-order valence-corrected chi connectivity index (χ4v) is 7.49. The summed E-state index contributed by atoms with van der Waals surface area (Å²) in [6.45, 7) is 5.35. The second kappa shape index (κ2) is 13.3. The van der Waals surface area contributed by atoms with Crippen molar-refractivity contribution in [3.8, 4) is 11.1 Å². The second-order valence-electron chi connectivity index (χ2n) is 13.2. The Hall–Kier alpha value is -3.09. The molecule has 3 aliphatic rings. The van der Waals surface area contributed by atoms with Gasteiger partial charge in [-0.25, -0.2) is 0 Å². The van der Waals surface area contributed by atoms with Gasteiger partial charge in [-0.2, -0.15) is 0 Å². The van der Waals surface area contributed by atoms with Gasteiger partial charge in [0.05, 0.1) is 18.3 Å². The standard InChI is InChI=1S/C38H47NO4/c1-27-8-7-20-37(2)35(19-21-38(37,43)26-39(3)22-23-40)33-18-12-28(24-32(41)17-11-27)25-34(33)36(42)31-15-13-30(14-16-31)29-9-5-4-6-10-29/h4-6,8-10,12-16,18,25,32,35,40-41,43H,7,11,17,19-24,26H2,1-3H3. The molecule has 0 heterocycles. The summed E-state index contributed by atoms with van der Waals surface area (Å²) in [5.74, 6) is -0.0397. The van der Waals surface area contributed by atoms with Crippen LogP contribution in [0, 0.1) is 5.41 Å². The smallest absolute Gasteiger partial charge is 0.193 e. The lowest BCUT2D eigenvalue weighted by molar-refractivity contribution is -0.0810. The van der Waals surface area contributed by atoms with Gasteiger partial charge in [0.15, 0.2) is 5.78 Å². The molecule has 3 aromatic rings. The number of nitrogens with zero attached hydrogens (tertiary/aromatic N) is 1. The van der Waals surface area contributed by atoms with Gasteiger partial charge in [-0.1, -0.05) is 85.3 Å². The highest BCUT2D eigenvalue weighted by molar-refractivity contribution is 6.10. The first-order chi connectivity index (χ1) is 20.6. The Balaban J connectivity index is 1.57. The summed E-state index contributed by atoms with van der Waals surface area (Å²) in [5, 5.41) is 32.8. The molecule has 1 fully saturated rings. The van der Waals surface area contributed by atoms with Crippen molar-refractivity contribution in [3.05, 3.63) is 107 Å². The SMILES string of the molecule is CC1=CCCC2(C)C(CCC2(O)CN(C)CCO)c2ccc(cc2C(=O)c2ccc(-c3ccccc3)cc2)CC(O)CC1. The van der Waals surface area contributed by atoms with Gasteiger partial charge in [-0.3, -0.25) is 4.79 Å². The van der Waals surface area contributed by atoms with E-state index < -0.39 is 17.1 Å². The van der Waals surface area contributed by atoms with E-state index in [1.165, 1.54) is 5.57 Å². The predicted octanol–water partition coefficient (Wildman–Crippen LogP) is 6.55. The maximum absolute atomic E-state index is 14.3. The molecular formula is C38H47NO4. The molecule has 1 saturated carbocycles. The first-order valence-corrected chi connectivity index (χ1v) is 15.8. The summed E-state index contributed by atoms with van der Waals surface area (Å²) in [7, 11) is 1.95. The summed E-state index contributed by atoms with van der Waals surface area (Å²) in [6.07, 6.45) is 6.79. The molecule has 4 atom stereocenters. The van der Waals surface area contributed by atoms with Crippen molar-refractivity contribution < 1.29 is 20.1 Å². The van der Waals surface area contributed by atoms with Gasteiger partial charge in [0, 0.05) is 29.6 Å². The maximum Gasteiger partial charge on any atom is 0.193 e. The van der Waals surface area contributed by atoms with Gasteiger partial charge in [0.2, 0.25) is 0 Å². The quantitative estimate of drug-likeness (QED) is 0.218. The molecule has 228 valence electrons. The molecule has 0 amide bonds. The van der Waals surface area contributed by atoms with Crippen molar-refractivity contribution >= 4 is 5.78 Å². The fourth-order valence-electron chi connectivity index (χ4n) is 7.49. The lowest BCUT2D eigenvalue weighted by Gasteiger charge is -2.45. The first kappa shape index (κ1) is 31.3. The number of ketones is 1. The van der Waals surface area contributed by atoms with Crippen molar-refractivity contribution in [2.24, 2.45) is 5.41 Å². The van der Waals surface area contributed by atoms with Gasteiger partial charge >= 0.3 is 0 Å². The predicted molar refractivity (Wildman–Crippen MR) is 173 cm³/mol. The topological polar surface area (TPSA) is 81.0 Å². The number of rotatable bonds is 7. The van der Waals surface area contributed by atoms with E-state index in [1.807, 2.05) is 60.5 Å². The third-order valence-electron chi connectivity index (χ3n) is 10.2. The Kier molecular flexibility index (Phi) is 9.67. The average molecular weight is 582 g/mol. The number of fused-ring (bicyclic) bond motifs is 8. The zero-order valence-corrected chi connectivity index (χ0v) is 25.9. The van der Waals surface area contributed by atoms with Crippen LogP contribution >= 0.6 is 0 Å². The summed E-state index contributed by atoms with van der Waals surface area (Å²) in [6, 6.07) is 24.1. The Morgan fingerprint density at radius 1 is 0.977 bits per heavy atom. The van der Waals surface area contributed by atoms with E-state index in [0.717, 1.165) is 47.9 Å². The number of hydrogen-bond donors (Lipinski definition) is 3. The van der Waals surface area contributed by atoms with Gasteiger partial charge < -0.3 is 20.2 Å². The molecular weight excluding hydrogens is 534 g/mol. The van der Waals surface area contributed by atoms with E-state index in [1.54, 1.807) is 0 Å². The minimum atomic E-state index is -0.965. The van der Waals surface area contributed by atoms with E-state index in [-0.39, 0.29) is 18.3 Å². The van der Waals surface area contributed by atoms with Crippen molar-refractivity contribution in [1.29, 1.82) is 0 Å². The molecule has 0 aromatic heterocycles. The minimum absolute atomic E-state index is 0.0156. The molecule has 3 N–H and O–H groups in total. The van der Waals surface area contributed by atoms with E-state index >= 15 is 0 Å². The molecule has 5 heteroatoms. The third-order valence-corrected chi connectivity index (χ3v) is 10.2. The Bertz CT molecular complexity index is 1430. The van der Waals surface area contributed by atoms with Gasteiger partial charge in [-0.15, -0.1) is 0 Å². The van der Waals surface area contributed by atoms with Crippen LogP contribution < -0.4 is 0 Å². The normalized spacial score (nSPS) is 26.2. The van der Waals surface area contributed by atoms with Crippen LogP contribution in [0.4, 0.5) is 0 Å². The van der Waals surface area contributed by atoms with E-state index in [9.17, 15) is 20.1 Å². The molecule has 3 aliphatic carbocycles. The van der Waals surface area contributed by atoms with Crippen molar-refractivity contribution in [3.63, 3.8) is 0 Å². The Labute approximate surface area is 256 Å². The Morgan fingerprint density at radius 2 is 1.70 bits per heavy atom. The number of carbonyl (C=O) groups is 1. The van der Waals surface area contributed by atoms with Crippen molar-refractivity contribution in [2.45, 2.75) is 76.4 Å². The highest BCUT2D eigenvalue weighted by Gasteiger charge is 2.57. The molecule has 0 aliphatic heterocycles. The van der Waals surface area contributed by atoms with Crippen LogP contribution in [-0.4, -0.2) is 64.5 Å².